The molecule has 1 rings (SSSR count). The standard InChI is InChI=1S/C8H10F3NOS/c1-4-5(3-13)2-6(4)12-7(14)8(9,10)11/h5-6,13H,1-3H2,(H,12,14)/t5-,6-/m1/s1. The van der Waals surface area contributed by atoms with Crippen LogP contribution in [0.25, 0.3) is 0 Å². The number of nitrogens with one attached hydrogen (secondary N) is 1. The molecule has 0 aromatic carbocycles. The van der Waals surface area contributed by atoms with Gasteiger partial charge in [-0.1, -0.05) is 18.8 Å². The summed E-state index contributed by atoms with van der Waals surface area (Å²) in [5.41, 5.74) is 0.583. The molecule has 1 saturated carbocycles. The number of halogens is 3. The van der Waals surface area contributed by atoms with Crippen molar-refractivity contribution < 1.29 is 18.3 Å². The lowest BCUT2D eigenvalue weighted by Gasteiger charge is -2.38. The summed E-state index contributed by atoms with van der Waals surface area (Å²) in [6.45, 7) is 3.51. The molecule has 1 aliphatic rings. The number of aliphatic hydroxyl groups excluding tert-OH is 1. The number of alkyl halides is 3. The van der Waals surface area contributed by atoms with Gasteiger partial charge in [0.15, 0.2) is 4.99 Å². The van der Waals surface area contributed by atoms with Crippen LogP contribution < -0.4 is 5.32 Å². The van der Waals surface area contributed by atoms with E-state index < -0.39 is 17.2 Å². The van der Waals surface area contributed by atoms with Gasteiger partial charge >= 0.3 is 6.18 Å². The van der Waals surface area contributed by atoms with E-state index in [1.807, 2.05) is 0 Å². The Morgan fingerprint density at radius 1 is 1.64 bits per heavy atom. The Balaban J connectivity index is 2.42. The van der Waals surface area contributed by atoms with Crippen molar-refractivity contribution in [2.45, 2.75) is 18.6 Å². The predicted molar refractivity (Wildman–Crippen MR) is 49.9 cm³/mol. The molecule has 2 nitrogen and oxygen atoms in total. The predicted octanol–water partition coefficient (Wildman–Crippen LogP) is 1.40. The second-order valence-electron chi connectivity index (χ2n) is 3.21. The zero-order chi connectivity index (χ0) is 10.9. The Morgan fingerprint density at radius 2 is 2.21 bits per heavy atom. The number of aliphatic hydroxyl groups is 1. The molecule has 0 aromatic rings. The zero-order valence-electron chi connectivity index (χ0n) is 7.27. The average Bonchev–Trinajstić information content (AvgIpc) is 2.08. The summed E-state index contributed by atoms with van der Waals surface area (Å²) in [5.74, 6) is -0.0940. The van der Waals surface area contributed by atoms with Gasteiger partial charge < -0.3 is 10.4 Å². The summed E-state index contributed by atoms with van der Waals surface area (Å²) in [5, 5.41) is 10.9. The lowest BCUT2D eigenvalue weighted by atomic mass is 9.76. The van der Waals surface area contributed by atoms with Gasteiger partial charge in [0, 0.05) is 18.6 Å². The summed E-state index contributed by atoms with van der Waals surface area (Å²) in [6.07, 6.45) is -4.04. The molecular formula is C8H10F3NOS. The fourth-order valence-electron chi connectivity index (χ4n) is 1.29. The van der Waals surface area contributed by atoms with Crippen LogP contribution in [0.15, 0.2) is 12.2 Å². The maximum Gasteiger partial charge on any atom is 0.441 e. The van der Waals surface area contributed by atoms with Crippen LogP contribution in [0.4, 0.5) is 13.2 Å². The number of rotatable bonds is 2. The Bertz CT molecular complexity index is 264. The van der Waals surface area contributed by atoms with E-state index in [9.17, 15) is 13.2 Å². The van der Waals surface area contributed by atoms with Crippen molar-refractivity contribution in [3.63, 3.8) is 0 Å². The fourth-order valence-corrected chi connectivity index (χ4v) is 1.44. The Morgan fingerprint density at radius 3 is 2.57 bits per heavy atom. The second-order valence-corrected chi connectivity index (χ2v) is 3.62. The highest BCUT2D eigenvalue weighted by Crippen LogP contribution is 2.32. The van der Waals surface area contributed by atoms with Crippen molar-refractivity contribution in [3.05, 3.63) is 12.2 Å². The molecule has 1 aliphatic carbocycles. The summed E-state index contributed by atoms with van der Waals surface area (Å²) in [6, 6.07) is -0.443. The number of hydrogen-bond acceptors (Lipinski definition) is 2. The van der Waals surface area contributed by atoms with Crippen molar-refractivity contribution >= 4 is 17.2 Å². The molecule has 0 unspecified atom stereocenters. The lowest BCUT2D eigenvalue weighted by Crippen LogP contribution is -2.50. The van der Waals surface area contributed by atoms with Crippen LogP contribution in [0.2, 0.25) is 0 Å². The minimum Gasteiger partial charge on any atom is -0.396 e. The third kappa shape index (κ3) is 2.24. The van der Waals surface area contributed by atoms with Crippen molar-refractivity contribution in [3.8, 4) is 0 Å². The molecule has 14 heavy (non-hydrogen) atoms. The highest BCUT2D eigenvalue weighted by molar-refractivity contribution is 7.80. The number of thiocarbonyl (C=S) groups is 1. The quantitative estimate of drug-likeness (QED) is 0.550. The molecular weight excluding hydrogens is 215 g/mol. The molecule has 0 amide bonds. The maximum absolute atomic E-state index is 12.0. The molecule has 6 heteroatoms. The monoisotopic (exact) mass is 225 g/mol. The first-order valence-electron chi connectivity index (χ1n) is 4.03. The van der Waals surface area contributed by atoms with Gasteiger partial charge in [-0.15, -0.1) is 0 Å². The van der Waals surface area contributed by atoms with Crippen LogP contribution in [0.5, 0.6) is 0 Å². The van der Waals surface area contributed by atoms with Gasteiger partial charge in [-0.3, -0.25) is 0 Å². The average molecular weight is 225 g/mol. The molecule has 80 valence electrons. The summed E-state index contributed by atoms with van der Waals surface area (Å²) in [4.78, 5) is -1.12. The van der Waals surface area contributed by atoms with Gasteiger partial charge in [0.25, 0.3) is 0 Å². The van der Waals surface area contributed by atoms with Crippen LogP contribution in [0.3, 0.4) is 0 Å². The summed E-state index contributed by atoms with van der Waals surface area (Å²) < 4.78 is 36.0. The topological polar surface area (TPSA) is 32.3 Å². The highest BCUT2D eigenvalue weighted by atomic mass is 32.1. The highest BCUT2D eigenvalue weighted by Gasteiger charge is 2.40. The van der Waals surface area contributed by atoms with Crippen LogP contribution in [0.1, 0.15) is 6.42 Å². The van der Waals surface area contributed by atoms with Gasteiger partial charge in [0.05, 0.1) is 0 Å². The normalized spacial score (nSPS) is 27.0. The molecule has 0 aromatic heterocycles. The Labute approximate surface area is 84.8 Å². The van der Waals surface area contributed by atoms with Gasteiger partial charge in [-0.05, 0) is 12.0 Å². The first kappa shape index (κ1) is 11.5. The maximum atomic E-state index is 12.0. The third-order valence-electron chi connectivity index (χ3n) is 2.28. The van der Waals surface area contributed by atoms with E-state index in [0.29, 0.717) is 12.0 Å². The molecule has 2 N–H and O–H groups in total. The van der Waals surface area contributed by atoms with E-state index in [1.165, 1.54) is 0 Å². The molecule has 0 bridgehead atoms. The largest absolute Gasteiger partial charge is 0.441 e. The molecule has 0 aliphatic heterocycles. The van der Waals surface area contributed by atoms with Crippen molar-refractivity contribution in [1.82, 2.24) is 5.32 Å². The summed E-state index contributed by atoms with van der Waals surface area (Å²) in [7, 11) is 0. The second kappa shape index (κ2) is 3.86. The number of hydrogen-bond donors (Lipinski definition) is 2. The third-order valence-corrected chi connectivity index (χ3v) is 2.62. The van der Waals surface area contributed by atoms with E-state index in [-0.39, 0.29) is 12.5 Å². The van der Waals surface area contributed by atoms with Crippen molar-refractivity contribution in [2.75, 3.05) is 6.61 Å². The van der Waals surface area contributed by atoms with E-state index in [4.69, 9.17) is 5.11 Å². The Kier molecular flexibility index (Phi) is 3.16. The van der Waals surface area contributed by atoms with Gasteiger partial charge in [-0.25, -0.2) is 0 Å². The first-order chi connectivity index (χ1) is 6.36. The lowest BCUT2D eigenvalue weighted by molar-refractivity contribution is -0.0599. The molecule has 2 atom stereocenters. The fraction of sp³-hybridized carbons (Fsp3) is 0.625. The molecule has 1 fully saturated rings. The first-order valence-corrected chi connectivity index (χ1v) is 4.44. The smallest absolute Gasteiger partial charge is 0.396 e. The molecule has 0 saturated heterocycles. The van der Waals surface area contributed by atoms with Crippen LogP contribution in [-0.2, 0) is 0 Å². The minimum atomic E-state index is -4.49. The van der Waals surface area contributed by atoms with Crippen LogP contribution in [0, 0.1) is 5.92 Å². The van der Waals surface area contributed by atoms with Crippen LogP contribution in [-0.4, -0.2) is 28.9 Å². The van der Waals surface area contributed by atoms with E-state index in [0.717, 1.165) is 0 Å². The molecule has 0 heterocycles. The Hall–Kier alpha value is -0.620. The van der Waals surface area contributed by atoms with Crippen molar-refractivity contribution in [2.24, 2.45) is 5.92 Å². The van der Waals surface area contributed by atoms with E-state index in [2.05, 4.69) is 24.1 Å². The molecule has 0 spiro atoms. The summed E-state index contributed by atoms with van der Waals surface area (Å²) >= 11 is 4.16. The van der Waals surface area contributed by atoms with E-state index in [1.54, 1.807) is 0 Å². The van der Waals surface area contributed by atoms with Crippen LogP contribution >= 0.6 is 12.2 Å². The molecule has 0 radical (unpaired) electrons. The SMILES string of the molecule is C=C1[C@@H](CO)C[C@H]1NC(=S)C(F)(F)F. The van der Waals surface area contributed by atoms with Crippen molar-refractivity contribution in [1.29, 1.82) is 0 Å². The zero-order valence-corrected chi connectivity index (χ0v) is 8.08. The van der Waals surface area contributed by atoms with Gasteiger partial charge in [0.1, 0.15) is 0 Å². The van der Waals surface area contributed by atoms with E-state index >= 15 is 0 Å². The minimum absolute atomic E-state index is 0.0736. The van der Waals surface area contributed by atoms with Gasteiger partial charge in [-0.2, -0.15) is 13.2 Å². The van der Waals surface area contributed by atoms with Gasteiger partial charge in [0.2, 0.25) is 0 Å².